The van der Waals surface area contributed by atoms with Gasteiger partial charge in [0, 0.05) is 13.5 Å². The summed E-state index contributed by atoms with van der Waals surface area (Å²) in [5.41, 5.74) is 4.95. The molecule has 1 heterocycles. The first-order valence-corrected chi connectivity index (χ1v) is 13.7. The van der Waals surface area contributed by atoms with E-state index in [2.05, 4.69) is 10.6 Å². The van der Waals surface area contributed by atoms with Crippen molar-refractivity contribution in [2.45, 2.75) is 38.8 Å². The van der Waals surface area contributed by atoms with Crippen LogP contribution in [0.2, 0.25) is 0 Å². The fraction of sp³-hybridized carbons (Fsp3) is 0.206. The third-order valence-electron chi connectivity index (χ3n) is 7.24. The molecule has 3 amide bonds. The second kappa shape index (κ2) is 13.5. The van der Waals surface area contributed by atoms with Gasteiger partial charge in [-0.25, -0.2) is 4.79 Å². The summed E-state index contributed by atoms with van der Waals surface area (Å²) in [6.07, 6.45) is -1.86. The van der Waals surface area contributed by atoms with Gasteiger partial charge in [-0.2, -0.15) is 0 Å². The Morgan fingerprint density at radius 2 is 1.53 bits per heavy atom. The van der Waals surface area contributed by atoms with Gasteiger partial charge >= 0.3 is 35.7 Å². The quantitative estimate of drug-likeness (QED) is 0.321. The van der Waals surface area contributed by atoms with Crippen LogP contribution in [-0.4, -0.2) is 29.6 Å². The van der Waals surface area contributed by atoms with Gasteiger partial charge < -0.3 is 25.3 Å². The number of cyclic esters (lactones) is 1. The van der Waals surface area contributed by atoms with Crippen LogP contribution in [-0.2, 0) is 16.7 Å². The molecule has 0 radical (unpaired) electrons. The van der Waals surface area contributed by atoms with Crippen LogP contribution in [0.3, 0.4) is 0 Å². The van der Waals surface area contributed by atoms with E-state index in [0.717, 1.165) is 27.8 Å². The third kappa shape index (κ3) is 7.28. The third-order valence-corrected chi connectivity index (χ3v) is 7.24. The van der Waals surface area contributed by atoms with Crippen molar-refractivity contribution in [2.75, 3.05) is 17.2 Å². The molecule has 4 aromatic carbocycles. The van der Waals surface area contributed by atoms with Gasteiger partial charge in [0.1, 0.15) is 12.7 Å². The summed E-state index contributed by atoms with van der Waals surface area (Å²) in [5, 5.41) is 16.8. The maximum atomic E-state index is 13.5. The normalized spacial score (nSPS) is 14.4. The van der Waals surface area contributed by atoms with Crippen molar-refractivity contribution in [3.05, 3.63) is 119 Å². The predicted molar refractivity (Wildman–Crippen MR) is 162 cm³/mol. The Morgan fingerprint density at radius 3 is 2.14 bits per heavy atom. The summed E-state index contributed by atoms with van der Waals surface area (Å²) >= 11 is 0. The molecule has 0 unspecified atom stereocenters. The largest absolute Gasteiger partial charge is 1.00 e. The zero-order chi connectivity index (χ0) is 29.9. The van der Waals surface area contributed by atoms with E-state index in [1.807, 2.05) is 87.5 Å². The molecule has 0 bridgehead atoms. The molecule has 8 nitrogen and oxygen atoms in total. The standard InChI is InChI=1S/C34H33N3O5.Na.H2/c1-34(2,3)29-26(23-10-6-4-7-11-23)18-19-27(35-32(39)40)30(29)36-31(38)25-16-14-22(15-17-25)20-37-28(21-42-33(37)41)24-12-8-5-9-13-24;;/h4-19,28,35H,20-21H2,1-3H3,(H,36,38)(H,39,40);;1H/q;+1;/p-1/t28-;;/m1../s1. The van der Waals surface area contributed by atoms with Gasteiger partial charge in [0.2, 0.25) is 0 Å². The summed E-state index contributed by atoms with van der Waals surface area (Å²) in [6, 6.07) is 29.7. The minimum Gasteiger partial charge on any atom is -0.530 e. The molecule has 1 aliphatic heterocycles. The summed E-state index contributed by atoms with van der Waals surface area (Å²) in [6.45, 7) is 6.63. The molecule has 4 aromatic rings. The number of carbonyl (C=O) groups excluding carboxylic acids is 3. The fourth-order valence-electron chi connectivity index (χ4n) is 5.30. The minimum absolute atomic E-state index is 0. The molecule has 0 spiro atoms. The number of amides is 3. The number of nitrogens with one attached hydrogen (secondary N) is 2. The first kappa shape index (κ1) is 31.8. The number of hydrogen-bond acceptors (Lipinski definition) is 5. The van der Waals surface area contributed by atoms with Crippen LogP contribution in [0.25, 0.3) is 11.1 Å². The number of nitrogens with zero attached hydrogens (tertiary/aromatic N) is 1. The molecule has 1 atom stereocenters. The predicted octanol–water partition coefficient (Wildman–Crippen LogP) is 3.60. The molecule has 1 aliphatic rings. The second-order valence-corrected chi connectivity index (χ2v) is 11.2. The Labute approximate surface area is 274 Å². The Hall–Kier alpha value is -4.11. The molecule has 216 valence electrons. The van der Waals surface area contributed by atoms with Gasteiger partial charge in [-0.1, -0.05) is 99.6 Å². The molecule has 43 heavy (non-hydrogen) atoms. The first-order valence-electron chi connectivity index (χ1n) is 13.7. The van der Waals surface area contributed by atoms with E-state index in [-0.39, 0.29) is 55.4 Å². The number of carboxylic acid groups (broad SMARTS) is 1. The molecular formula is C34H34N3NaO5. The van der Waals surface area contributed by atoms with Crippen LogP contribution < -0.4 is 45.3 Å². The average molecular weight is 588 g/mol. The van der Waals surface area contributed by atoms with Gasteiger partial charge in [-0.15, -0.1) is 0 Å². The smallest absolute Gasteiger partial charge is 0.530 e. The SMILES string of the molecule is CC(C)(C)c1c(-c2ccccc2)ccc(NC(=O)[O-])c1NC(=O)c1ccc(CN2C(=O)OC[C@@H]2c2ccccc2)cc1.[HH].[Na+]. The van der Waals surface area contributed by atoms with Crippen LogP contribution in [0.4, 0.5) is 21.0 Å². The molecule has 5 rings (SSSR count). The first-order chi connectivity index (χ1) is 20.1. The summed E-state index contributed by atoms with van der Waals surface area (Å²) in [7, 11) is 0. The monoisotopic (exact) mass is 587 g/mol. The maximum Gasteiger partial charge on any atom is 1.00 e. The van der Waals surface area contributed by atoms with Crippen molar-refractivity contribution in [3.63, 3.8) is 0 Å². The number of rotatable bonds is 7. The number of benzene rings is 4. The Bertz CT molecular complexity index is 1610. The van der Waals surface area contributed by atoms with Crippen molar-refractivity contribution in [2.24, 2.45) is 0 Å². The van der Waals surface area contributed by atoms with Gasteiger partial charge in [-0.3, -0.25) is 9.69 Å². The Balaban J connectivity index is 0.00000264. The van der Waals surface area contributed by atoms with E-state index >= 15 is 0 Å². The maximum absolute atomic E-state index is 13.5. The van der Waals surface area contributed by atoms with Crippen LogP contribution in [0.5, 0.6) is 0 Å². The summed E-state index contributed by atoms with van der Waals surface area (Å²) in [5.74, 6) is -0.401. The van der Waals surface area contributed by atoms with Crippen LogP contribution in [0.15, 0.2) is 97.1 Å². The van der Waals surface area contributed by atoms with E-state index < -0.39 is 17.4 Å². The van der Waals surface area contributed by atoms with Crippen molar-refractivity contribution in [1.29, 1.82) is 0 Å². The van der Waals surface area contributed by atoms with Crippen molar-refractivity contribution in [1.82, 2.24) is 4.90 Å². The van der Waals surface area contributed by atoms with E-state index in [1.165, 1.54) is 0 Å². The van der Waals surface area contributed by atoms with Crippen LogP contribution >= 0.6 is 0 Å². The number of anilines is 2. The zero-order valence-corrected chi connectivity index (χ0v) is 26.7. The average Bonchev–Trinajstić information content (AvgIpc) is 3.33. The van der Waals surface area contributed by atoms with Crippen LogP contribution in [0.1, 0.15) is 55.3 Å². The van der Waals surface area contributed by atoms with Crippen molar-refractivity contribution >= 4 is 29.5 Å². The molecule has 0 aromatic heterocycles. The van der Waals surface area contributed by atoms with E-state index in [1.54, 1.807) is 35.2 Å². The Kier molecular flexibility index (Phi) is 9.96. The second-order valence-electron chi connectivity index (χ2n) is 11.2. The van der Waals surface area contributed by atoms with E-state index in [0.29, 0.717) is 17.8 Å². The minimum atomic E-state index is -1.48. The molecular weight excluding hydrogens is 553 g/mol. The molecule has 0 saturated carbocycles. The van der Waals surface area contributed by atoms with E-state index in [9.17, 15) is 19.5 Å². The molecule has 2 N–H and O–H groups in total. The molecule has 0 aliphatic carbocycles. The topological polar surface area (TPSA) is 111 Å². The number of ether oxygens (including phenoxy) is 1. The van der Waals surface area contributed by atoms with Crippen LogP contribution in [0, 0.1) is 0 Å². The van der Waals surface area contributed by atoms with Gasteiger partial charge in [0.05, 0.1) is 17.4 Å². The molecule has 1 fully saturated rings. The van der Waals surface area contributed by atoms with Crippen molar-refractivity contribution < 1.29 is 55.2 Å². The number of hydrogen-bond donors (Lipinski definition) is 2. The summed E-state index contributed by atoms with van der Waals surface area (Å²) < 4.78 is 5.32. The van der Waals surface area contributed by atoms with Gasteiger partial charge in [-0.05, 0) is 51.4 Å². The zero-order valence-electron chi connectivity index (χ0n) is 24.7. The van der Waals surface area contributed by atoms with Gasteiger partial charge in [0.15, 0.2) is 0 Å². The number of carbonyl (C=O) groups is 3. The van der Waals surface area contributed by atoms with Gasteiger partial charge in [0.25, 0.3) is 5.91 Å². The molecule has 9 heteroatoms. The summed E-state index contributed by atoms with van der Waals surface area (Å²) in [4.78, 5) is 39.2. The Morgan fingerprint density at radius 1 is 0.907 bits per heavy atom. The van der Waals surface area contributed by atoms with Crippen molar-refractivity contribution in [3.8, 4) is 11.1 Å². The van der Waals surface area contributed by atoms with E-state index in [4.69, 9.17) is 4.74 Å². The molecule has 1 saturated heterocycles. The fourth-order valence-corrected chi connectivity index (χ4v) is 5.30.